The molecule has 0 heterocycles. The molecule has 1 atom stereocenters. The van der Waals surface area contributed by atoms with Gasteiger partial charge in [0.1, 0.15) is 11.6 Å². The summed E-state index contributed by atoms with van der Waals surface area (Å²) in [5, 5.41) is 2.75. The fourth-order valence-electron chi connectivity index (χ4n) is 1.85. The Morgan fingerprint density at radius 1 is 1.26 bits per heavy atom. The van der Waals surface area contributed by atoms with Crippen LogP contribution in [0.3, 0.4) is 0 Å². The number of hydrogen-bond donors (Lipinski definition) is 1. The second-order valence-electron chi connectivity index (χ2n) is 4.89. The molecule has 0 amide bonds. The summed E-state index contributed by atoms with van der Waals surface area (Å²) in [6, 6.07) is 1.14. The molecule has 1 aromatic rings. The predicted molar refractivity (Wildman–Crippen MR) is 74.8 cm³/mol. The maximum atomic E-state index is 14.0. The first-order chi connectivity index (χ1) is 8.52. The maximum Gasteiger partial charge on any atom is 0.154 e. The highest BCUT2D eigenvalue weighted by atomic mass is 79.9. The zero-order valence-corrected chi connectivity index (χ0v) is 13.5. The molecule has 0 aromatic heterocycles. The van der Waals surface area contributed by atoms with Gasteiger partial charge in [0, 0.05) is 11.8 Å². The van der Waals surface area contributed by atoms with Crippen LogP contribution >= 0.6 is 15.9 Å². The Morgan fingerprint density at radius 2 is 1.79 bits per heavy atom. The highest BCUT2D eigenvalue weighted by Crippen LogP contribution is 2.34. The van der Waals surface area contributed by atoms with Gasteiger partial charge in [-0.25, -0.2) is 17.2 Å². The molecule has 0 aliphatic rings. The van der Waals surface area contributed by atoms with Crippen molar-refractivity contribution in [2.24, 2.45) is 0 Å². The third kappa shape index (κ3) is 3.14. The smallest absolute Gasteiger partial charge is 0.154 e. The van der Waals surface area contributed by atoms with Crippen LogP contribution in [0.25, 0.3) is 0 Å². The minimum absolute atomic E-state index is 0.000708. The summed E-state index contributed by atoms with van der Waals surface area (Å²) < 4.78 is 49.9. The summed E-state index contributed by atoms with van der Waals surface area (Å²) >= 11 is 2.89. The van der Waals surface area contributed by atoms with Crippen molar-refractivity contribution in [1.29, 1.82) is 0 Å². The van der Waals surface area contributed by atoms with Crippen LogP contribution in [0.5, 0.6) is 0 Å². The van der Waals surface area contributed by atoms with E-state index in [1.165, 1.54) is 20.9 Å². The summed E-state index contributed by atoms with van der Waals surface area (Å²) in [6.45, 7) is 2.95. The van der Waals surface area contributed by atoms with Crippen LogP contribution in [0, 0.1) is 11.6 Å². The van der Waals surface area contributed by atoms with Crippen molar-refractivity contribution >= 4 is 25.8 Å². The van der Waals surface area contributed by atoms with E-state index in [0.29, 0.717) is 0 Å². The van der Waals surface area contributed by atoms with Gasteiger partial charge in [-0.3, -0.25) is 0 Å². The zero-order chi connectivity index (χ0) is 15.0. The fraction of sp³-hybridized carbons (Fsp3) is 0.500. The van der Waals surface area contributed by atoms with Crippen molar-refractivity contribution in [3.05, 3.63) is 33.8 Å². The summed E-state index contributed by atoms with van der Waals surface area (Å²) in [5.41, 5.74) is -0.0152. The predicted octanol–water partition coefficient (Wildman–Crippen LogP) is 2.81. The minimum Gasteiger partial charge on any atom is -0.312 e. The Kier molecular flexibility index (Phi) is 4.75. The lowest BCUT2D eigenvalue weighted by molar-refractivity contribution is 0.427. The number of benzene rings is 1. The standard InChI is InChI=1S/C12H16BrF2NO2S/c1-12(2,19(4,17)18)11(16-3)7-5-10(15)8(13)6-9(7)14/h5-6,11,16H,1-4H3. The van der Waals surface area contributed by atoms with E-state index in [9.17, 15) is 17.2 Å². The molecule has 0 saturated heterocycles. The highest BCUT2D eigenvalue weighted by molar-refractivity contribution is 9.10. The van der Waals surface area contributed by atoms with Crippen molar-refractivity contribution < 1.29 is 17.2 Å². The lowest BCUT2D eigenvalue weighted by Crippen LogP contribution is -2.44. The molecule has 1 rings (SSSR count). The van der Waals surface area contributed by atoms with Crippen molar-refractivity contribution in [2.75, 3.05) is 13.3 Å². The van der Waals surface area contributed by atoms with Crippen molar-refractivity contribution in [3.8, 4) is 0 Å². The van der Waals surface area contributed by atoms with E-state index in [1.54, 1.807) is 0 Å². The Hall–Kier alpha value is -0.530. The molecule has 0 fully saturated rings. The zero-order valence-electron chi connectivity index (χ0n) is 11.1. The lowest BCUT2D eigenvalue weighted by Gasteiger charge is -2.33. The van der Waals surface area contributed by atoms with Crippen LogP contribution in [-0.4, -0.2) is 26.5 Å². The summed E-state index contributed by atoms with van der Waals surface area (Å²) in [7, 11) is -1.95. The molecule has 108 valence electrons. The van der Waals surface area contributed by atoms with Crippen LogP contribution in [0.15, 0.2) is 16.6 Å². The molecular weight excluding hydrogens is 340 g/mol. The van der Waals surface area contributed by atoms with E-state index in [1.807, 2.05) is 0 Å². The van der Waals surface area contributed by atoms with E-state index in [0.717, 1.165) is 18.4 Å². The molecular formula is C12H16BrF2NO2S. The number of halogens is 3. The second kappa shape index (κ2) is 5.46. The van der Waals surface area contributed by atoms with E-state index in [-0.39, 0.29) is 10.0 Å². The molecule has 0 spiro atoms. The van der Waals surface area contributed by atoms with Gasteiger partial charge in [-0.1, -0.05) is 0 Å². The summed E-state index contributed by atoms with van der Waals surface area (Å²) in [6.07, 6.45) is 1.07. The Labute approximate surface area is 120 Å². The molecule has 1 aromatic carbocycles. The van der Waals surface area contributed by atoms with Gasteiger partial charge in [0.2, 0.25) is 0 Å². The molecule has 7 heteroatoms. The van der Waals surface area contributed by atoms with E-state index in [4.69, 9.17) is 0 Å². The lowest BCUT2D eigenvalue weighted by atomic mass is 9.94. The Morgan fingerprint density at radius 3 is 2.21 bits per heavy atom. The molecule has 0 aliphatic heterocycles. The van der Waals surface area contributed by atoms with Gasteiger partial charge < -0.3 is 5.32 Å². The van der Waals surface area contributed by atoms with E-state index < -0.39 is 32.3 Å². The molecule has 3 nitrogen and oxygen atoms in total. The van der Waals surface area contributed by atoms with E-state index in [2.05, 4.69) is 21.2 Å². The fourth-order valence-corrected chi connectivity index (χ4v) is 2.84. The average molecular weight is 356 g/mol. The van der Waals surface area contributed by atoms with Gasteiger partial charge in [0.25, 0.3) is 0 Å². The van der Waals surface area contributed by atoms with Gasteiger partial charge in [0.15, 0.2) is 9.84 Å². The Bertz CT molecular complexity index is 588. The normalized spacial score (nSPS) is 14.5. The average Bonchev–Trinajstić information content (AvgIpc) is 2.24. The first-order valence-electron chi connectivity index (χ1n) is 5.53. The first-order valence-corrected chi connectivity index (χ1v) is 8.22. The topological polar surface area (TPSA) is 46.2 Å². The monoisotopic (exact) mass is 355 g/mol. The van der Waals surface area contributed by atoms with Crippen molar-refractivity contribution in [1.82, 2.24) is 5.32 Å². The SMILES string of the molecule is CNC(c1cc(F)c(Br)cc1F)C(C)(C)S(C)(=O)=O. The largest absolute Gasteiger partial charge is 0.312 e. The highest BCUT2D eigenvalue weighted by Gasteiger charge is 2.40. The number of sulfone groups is 1. The number of nitrogens with one attached hydrogen (secondary N) is 1. The number of hydrogen-bond acceptors (Lipinski definition) is 3. The second-order valence-corrected chi connectivity index (χ2v) is 8.34. The van der Waals surface area contributed by atoms with Crippen LogP contribution < -0.4 is 5.32 Å². The first kappa shape index (κ1) is 16.5. The third-order valence-electron chi connectivity index (χ3n) is 3.29. The maximum absolute atomic E-state index is 14.0. The van der Waals surface area contributed by atoms with Gasteiger partial charge in [-0.2, -0.15) is 0 Å². The van der Waals surface area contributed by atoms with Gasteiger partial charge >= 0.3 is 0 Å². The Balaban J connectivity index is 3.45. The third-order valence-corrected chi connectivity index (χ3v) is 6.04. The van der Waals surface area contributed by atoms with Gasteiger partial charge in [-0.15, -0.1) is 0 Å². The number of rotatable bonds is 4. The van der Waals surface area contributed by atoms with Crippen molar-refractivity contribution in [3.63, 3.8) is 0 Å². The van der Waals surface area contributed by atoms with Crippen LogP contribution in [0.4, 0.5) is 8.78 Å². The summed E-state index contributed by atoms with van der Waals surface area (Å²) in [4.78, 5) is 0. The van der Waals surface area contributed by atoms with Crippen LogP contribution in [0.2, 0.25) is 0 Å². The molecule has 19 heavy (non-hydrogen) atoms. The molecule has 0 radical (unpaired) electrons. The quantitative estimate of drug-likeness (QED) is 0.844. The molecule has 0 aliphatic carbocycles. The summed E-state index contributed by atoms with van der Waals surface area (Å²) in [5.74, 6) is -1.30. The molecule has 1 N–H and O–H groups in total. The van der Waals surface area contributed by atoms with Crippen LogP contribution in [-0.2, 0) is 9.84 Å². The van der Waals surface area contributed by atoms with Crippen LogP contribution in [0.1, 0.15) is 25.5 Å². The minimum atomic E-state index is -3.46. The molecule has 0 saturated carbocycles. The van der Waals surface area contributed by atoms with Gasteiger partial charge in [-0.05, 0) is 49.0 Å². The van der Waals surface area contributed by atoms with E-state index >= 15 is 0 Å². The van der Waals surface area contributed by atoms with Crippen molar-refractivity contribution in [2.45, 2.75) is 24.6 Å². The molecule has 1 unspecified atom stereocenters. The van der Waals surface area contributed by atoms with Gasteiger partial charge in [0.05, 0.1) is 15.3 Å². The molecule has 0 bridgehead atoms.